The third kappa shape index (κ3) is 4.95. The SMILES string of the molecule is CN(CCN1CCNCC1)CC(=O)NC(C)(C#N)C1CC1. The number of nitrogens with zero attached hydrogens (tertiary/aromatic N) is 3. The number of amides is 1. The van der Waals surface area contributed by atoms with Crippen molar-refractivity contribution in [2.75, 3.05) is 52.9 Å². The van der Waals surface area contributed by atoms with E-state index in [4.69, 9.17) is 0 Å². The maximum atomic E-state index is 12.1. The first-order chi connectivity index (χ1) is 10.0. The molecule has 1 heterocycles. The van der Waals surface area contributed by atoms with Crippen molar-refractivity contribution in [1.29, 1.82) is 5.26 Å². The van der Waals surface area contributed by atoms with E-state index in [0.717, 1.165) is 52.1 Å². The van der Waals surface area contributed by atoms with Crippen LogP contribution in [0.3, 0.4) is 0 Å². The van der Waals surface area contributed by atoms with Crippen LogP contribution in [-0.4, -0.2) is 74.1 Å². The van der Waals surface area contributed by atoms with Crippen molar-refractivity contribution < 1.29 is 4.79 Å². The monoisotopic (exact) mass is 293 g/mol. The Kier molecular flexibility index (Phi) is 5.57. The Morgan fingerprint density at radius 2 is 2.14 bits per heavy atom. The molecule has 1 unspecified atom stereocenters. The third-order valence-electron chi connectivity index (χ3n) is 4.45. The average molecular weight is 293 g/mol. The van der Waals surface area contributed by atoms with Gasteiger partial charge in [0.2, 0.25) is 5.91 Å². The van der Waals surface area contributed by atoms with Gasteiger partial charge in [0.25, 0.3) is 0 Å². The molecule has 1 atom stereocenters. The summed E-state index contributed by atoms with van der Waals surface area (Å²) in [7, 11) is 1.96. The molecule has 1 amide bonds. The van der Waals surface area contributed by atoms with Crippen LogP contribution in [0.25, 0.3) is 0 Å². The lowest BCUT2D eigenvalue weighted by atomic mass is 9.98. The lowest BCUT2D eigenvalue weighted by molar-refractivity contribution is -0.123. The third-order valence-corrected chi connectivity index (χ3v) is 4.45. The molecule has 2 fully saturated rings. The zero-order valence-corrected chi connectivity index (χ0v) is 13.2. The summed E-state index contributed by atoms with van der Waals surface area (Å²) in [6.07, 6.45) is 2.09. The summed E-state index contributed by atoms with van der Waals surface area (Å²) in [5, 5.41) is 15.5. The van der Waals surface area contributed by atoms with Gasteiger partial charge in [0, 0.05) is 39.3 Å². The molecular formula is C15H27N5O. The molecule has 0 spiro atoms. The fourth-order valence-corrected chi connectivity index (χ4v) is 2.78. The zero-order valence-electron chi connectivity index (χ0n) is 13.2. The Morgan fingerprint density at radius 3 is 2.71 bits per heavy atom. The second kappa shape index (κ2) is 7.21. The molecular weight excluding hydrogens is 266 g/mol. The molecule has 1 aliphatic heterocycles. The summed E-state index contributed by atoms with van der Waals surface area (Å²) < 4.78 is 0. The standard InChI is InChI=1S/C15H27N5O/c1-15(12-16,13-3-4-13)18-14(21)11-19(2)9-10-20-7-5-17-6-8-20/h13,17H,3-11H2,1-2H3,(H,18,21). The van der Waals surface area contributed by atoms with Gasteiger partial charge < -0.3 is 10.6 Å². The van der Waals surface area contributed by atoms with Crippen molar-refractivity contribution in [2.24, 2.45) is 5.92 Å². The molecule has 0 aromatic carbocycles. The van der Waals surface area contributed by atoms with E-state index in [1.54, 1.807) is 0 Å². The van der Waals surface area contributed by atoms with E-state index >= 15 is 0 Å². The summed E-state index contributed by atoms with van der Waals surface area (Å²) in [6.45, 7) is 8.31. The van der Waals surface area contributed by atoms with Crippen molar-refractivity contribution >= 4 is 5.91 Å². The van der Waals surface area contributed by atoms with E-state index in [2.05, 4.69) is 21.6 Å². The first-order valence-electron chi connectivity index (χ1n) is 7.87. The van der Waals surface area contributed by atoms with Gasteiger partial charge in [0.15, 0.2) is 0 Å². The van der Waals surface area contributed by atoms with Crippen molar-refractivity contribution in [3.05, 3.63) is 0 Å². The normalized spacial score (nSPS) is 22.6. The molecule has 0 radical (unpaired) electrons. The molecule has 2 N–H and O–H groups in total. The maximum Gasteiger partial charge on any atom is 0.235 e. The summed E-state index contributed by atoms with van der Waals surface area (Å²) >= 11 is 0. The molecule has 2 aliphatic rings. The molecule has 0 bridgehead atoms. The number of nitriles is 1. The molecule has 2 rings (SSSR count). The minimum Gasteiger partial charge on any atom is -0.337 e. The molecule has 21 heavy (non-hydrogen) atoms. The second-order valence-corrected chi connectivity index (χ2v) is 6.47. The van der Waals surface area contributed by atoms with Gasteiger partial charge in [-0.05, 0) is 32.7 Å². The molecule has 6 heteroatoms. The number of nitrogens with one attached hydrogen (secondary N) is 2. The highest BCUT2D eigenvalue weighted by molar-refractivity contribution is 5.79. The van der Waals surface area contributed by atoms with E-state index in [1.807, 2.05) is 18.9 Å². The van der Waals surface area contributed by atoms with Gasteiger partial charge in [-0.3, -0.25) is 14.6 Å². The first-order valence-corrected chi connectivity index (χ1v) is 7.87. The summed E-state index contributed by atoms with van der Waals surface area (Å²) in [5.74, 6) is 0.284. The highest BCUT2D eigenvalue weighted by Crippen LogP contribution is 2.39. The van der Waals surface area contributed by atoms with E-state index in [9.17, 15) is 10.1 Å². The van der Waals surface area contributed by atoms with Gasteiger partial charge in [-0.2, -0.15) is 5.26 Å². The van der Waals surface area contributed by atoms with Crippen LogP contribution in [0.15, 0.2) is 0 Å². The molecule has 1 aliphatic carbocycles. The van der Waals surface area contributed by atoms with E-state index in [1.165, 1.54) is 0 Å². The zero-order chi connectivity index (χ0) is 15.3. The summed E-state index contributed by atoms with van der Waals surface area (Å²) in [4.78, 5) is 16.5. The molecule has 6 nitrogen and oxygen atoms in total. The molecule has 0 aromatic rings. The van der Waals surface area contributed by atoms with Gasteiger partial charge in [0.1, 0.15) is 5.54 Å². The number of likely N-dealkylation sites (N-methyl/N-ethyl adjacent to an activating group) is 1. The van der Waals surface area contributed by atoms with Crippen molar-refractivity contribution in [2.45, 2.75) is 25.3 Å². The molecule has 1 saturated heterocycles. The Balaban J connectivity index is 1.68. The average Bonchev–Trinajstić information content (AvgIpc) is 3.31. The molecule has 0 aromatic heterocycles. The Labute approximate surface area is 127 Å². The topological polar surface area (TPSA) is 71.4 Å². The first kappa shape index (κ1) is 16.2. The lowest BCUT2D eigenvalue weighted by Crippen LogP contribution is -2.51. The fourth-order valence-electron chi connectivity index (χ4n) is 2.78. The largest absolute Gasteiger partial charge is 0.337 e. The van der Waals surface area contributed by atoms with Gasteiger partial charge in [-0.1, -0.05) is 0 Å². The Bertz CT molecular complexity index is 397. The van der Waals surface area contributed by atoms with Gasteiger partial charge >= 0.3 is 0 Å². The Morgan fingerprint density at radius 1 is 1.48 bits per heavy atom. The van der Waals surface area contributed by atoms with Gasteiger partial charge in [0.05, 0.1) is 12.6 Å². The lowest BCUT2D eigenvalue weighted by Gasteiger charge is -2.29. The number of carbonyl (C=O) groups excluding carboxylic acids is 1. The number of piperazine rings is 1. The van der Waals surface area contributed by atoms with Crippen LogP contribution in [0.2, 0.25) is 0 Å². The van der Waals surface area contributed by atoms with Crippen LogP contribution >= 0.6 is 0 Å². The van der Waals surface area contributed by atoms with Gasteiger partial charge in [-0.15, -0.1) is 0 Å². The van der Waals surface area contributed by atoms with E-state index in [-0.39, 0.29) is 5.91 Å². The minimum absolute atomic E-state index is 0.0474. The van der Waals surface area contributed by atoms with Crippen LogP contribution in [0.4, 0.5) is 0 Å². The van der Waals surface area contributed by atoms with Crippen LogP contribution in [-0.2, 0) is 4.79 Å². The second-order valence-electron chi connectivity index (χ2n) is 6.47. The maximum absolute atomic E-state index is 12.1. The molecule has 118 valence electrons. The fraction of sp³-hybridized carbons (Fsp3) is 0.867. The van der Waals surface area contributed by atoms with Crippen LogP contribution in [0, 0.1) is 17.2 Å². The smallest absolute Gasteiger partial charge is 0.235 e. The highest BCUT2D eigenvalue weighted by Gasteiger charge is 2.42. The van der Waals surface area contributed by atoms with E-state index < -0.39 is 5.54 Å². The summed E-state index contributed by atoms with van der Waals surface area (Å²) in [5.41, 5.74) is -0.684. The van der Waals surface area contributed by atoms with Crippen molar-refractivity contribution in [3.63, 3.8) is 0 Å². The summed E-state index contributed by atoms with van der Waals surface area (Å²) in [6, 6.07) is 2.26. The number of hydrogen-bond acceptors (Lipinski definition) is 5. The Hall–Kier alpha value is -1.16. The quantitative estimate of drug-likeness (QED) is 0.670. The predicted molar refractivity (Wildman–Crippen MR) is 81.7 cm³/mol. The minimum atomic E-state index is -0.684. The van der Waals surface area contributed by atoms with Crippen molar-refractivity contribution in [3.8, 4) is 6.07 Å². The van der Waals surface area contributed by atoms with E-state index in [0.29, 0.717) is 12.5 Å². The van der Waals surface area contributed by atoms with Crippen LogP contribution in [0.1, 0.15) is 19.8 Å². The van der Waals surface area contributed by atoms with Crippen LogP contribution in [0.5, 0.6) is 0 Å². The number of rotatable bonds is 7. The van der Waals surface area contributed by atoms with Crippen molar-refractivity contribution in [1.82, 2.24) is 20.4 Å². The highest BCUT2D eigenvalue weighted by atomic mass is 16.2. The molecule has 1 saturated carbocycles. The van der Waals surface area contributed by atoms with Gasteiger partial charge in [-0.25, -0.2) is 0 Å². The number of hydrogen-bond donors (Lipinski definition) is 2. The van der Waals surface area contributed by atoms with Crippen LogP contribution < -0.4 is 10.6 Å². The predicted octanol–water partition coefficient (Wildman–Crippen LogP) is -0.368. The number of carbonyl (C=O) groups is 1.